The number of anilines is 1. The summed E-state index contributed by atoms with van der Waals surface area (Å²) in [5.41, 5.74) is 8.60. The minimum absolute atomic E-state index is 0.0257. The zero-order valence-electron chi connectivity index (χ0n) is 12.6. The Morgan fingerprint density at radius 2 is 2.14 bits per heavy atom. The number of aryl methyl sites for hydroxylation is 2. The Hall–Kier alpha value is -2.39. The lowest BCUT2D eigenvalue weighted by Gasteiger charge is -2.12. The van der Waals surface area contributed by atoms with Crippen molar-refractivity contribution in [2.45, 2.75) is 31.2 Å². The fraction of sp³-hybridized carbons (Fsp3) is 0.250. The van der Waals surface area contributed by atoms with Gasteiger partial charge in [0, 0.05) is 5.56 Å². The van der Waals surface area contributed by atoms with Crippen molar-refractivity contribution in [1.82, 2.24) is 9.97 Å². The van der Waals surface area contributed by atoms with E-state index in [1.807, 2.05) is 45.0 Å². The van der Waals surface area contributed by atoms with E-state index in [9.17, 15) is 4.79 Å². The lowest BCUT2D eigenvalue weighted by molar-refractivity contribution is 0.0993. The molecule has 112 valence electrons. The number of nitrogens with two attached hydrogens (primary N) is 1. The number of hydrogen-bond acceptors (Lipinski definition) is 6. The normalized spacial score (nSPS) is 11.7. The van der Waals surface area contributed by atoms with Gasteiger partial charge in [0.05, 0.1) is 11.4 Å². The number of carbonyl (C=O) groups excluding carboxylic acids is 1. The molecule has 0 aliphatic heterocycles. The summed E-state index contributed by atoms with van der Waals surface area (Å²) in [6.45, 7) is 5.69. The van der Waals surface area contributed by atoms with Gasteiger partial charge in [0.2, 0.25) is 0 Å². The van der Waals surface area contributed by atoms with E-state index in [-0.39, 0.29) is 22.4 Å². The second kappa shape index (κ2) is 6.58. The van der Waals surface area contributed by atoms with E-state index in [2.05, 4.69) is 9.97 Å². The van der Waals surface area contributed by atoms with Crippen LogP contribution in [0.5, 0.6) is 0 Å². The maximum atomic E-state index is 12.6. The van der Waals surface area contributed by atoms with Crippen LogP contribution in [-0.2, 0) is 0 Å². The highest BCUT2D eigenvalue weighted by Crippen LogP contribution is 2.25. The standard InChI is InChI=1S/C16H16N4OS/c1-9-4-5-10(2)13(6-9)14(21)11(3)22-16-19-8-12(7-17)15(18)20-16/h4-6,8,11H,1-3H3,(H2,18,19,20). The first-order chi connectivity index (χ1) is 10.4. The van der Waals surface area contributed by atoms with E-state index in [0.717, 1.165) is 11.1 Å². The quantitative estimate of drug-likeness (QED) is 0.530. The number of ketones is 1. The van der Waals surface area contributed by atoms with Gasteiger partial charge in [-0.05, 0) is 32.4 Å². The maximum absolute atomic E-state index is 12.6. The van der Waals surface area contributed by atoms with Gasteiger partial charge in [-0.15, -0.1) is 0 Å². The van der Waals surface area contributed by atoms with Crippen LogP contribution in [0.4, 0.5) is 5.82 Å². The fourth-order valence-corrected chi connectivity index (χ4v) is 2.77. The van der Waals surface area contributed by atoms with Crippen LogP contribution in [0.3, 0.4) is 0 Å². The minimum Gasteiger partial charge on any atom is -0.382 e. The molecule has 2 aromatic rings. The number of rotatable bonds is 4. The Bertz CT molecular complexity index is 767. The number of benzene rings is 1. The van der Waals surface area contributed by atoms with Crippen LogP contribution in [0.15, 0.2) is 29.6 Å². The molecule has 0 saturated carbocycles. The molecule has 1 aromatic carbocycles. The zero-order chi connectivity index (χ0) is 16.3. The molecule has 0 aliphatic carbocycles. The summed E-state index contributed by atoms with van der Waals surface area (Å²) in [6.07, 6.45) is 1.37. The lowest BCUT2D eigenvalue weighted by atomic mass is 10.0. The van der Waals surface area contributed by atoms with E-state index in [0.29, 0.717) is 10.7 Å². The number of nitriles is 1. The maximum Gasteiger partial charge on any atom is 0.190 e. The van der Waals surface area contributed by atoms with Gasteiger partial charge in [-0.1, -0.05) is 29.5 Å². The fourth-order valence-electron chi connectivity index (χ4n) is 1.95. The van der Waals surface area contributed by atoms with Crippen molar-refractivity contribution in [3.63, 3.8) is 0 Å². The summed E-state index contributed by atoms with van der Waals surface area (Å²) in [4.78, 5) is 20.7. The third kappa shape index (κ3) is 3.43. The third-order valence-electron chi connectivity index (χ3n) is 3.23. The summed E-state index contributed by atoms with van der Waals surface area (Å²) in [7, 11) is 0. The average Bonchev–Trinajstić information content (AvgIpc) is 2.49. The van der Waals surface area contributed by atoms with Crippen LogP contribution in [0.2, 0.25) is 0 Å². The summed E-state index contributed by atoms with van der Waals surface area (Å²) < 4.78 is 0. The highest BCUT2D eigenvalue weighted by Gasteiger charge is 2.20. The predicted molar refractivity (Wildman–Crippen MR) is 86.7 cm³/mol. The second-order valence-electron chi connectivity index (χ2n) is 5.01. The zero-order valence-corrected chi connectivity index (χ0v) is 13.4. The molecule has 0 aliphatic rings. The molecule has 5 nitrogen and oxygen atoms in total. The van der Waals surface area contributed by atoms with Gasteiger partial charge in [0.25, 0.3) is 0 Å². The summed E-state index contributed by atoms with van der Waals surface area (Å²) >= 11 is 1.23. The van der Waals surface area contributed by atoms with Crippen molar-refractivity contribution in [2.24, 2.45) is 0 Å². The molecular formula is C16H16N4OS. The van der Waals surface area contributed by atoms with Gasteiger partial charge in [0.15, 0.2) is 10.9 Å². The van der Waals surface area contributed by atoms with E-state index in [1.54, 1.807) is 0 Å². The van der Waals surface area contributed by atoms with Crippen LogP contribution < -0.4 is 5.73 Å². The first-order valence-corrected chi connectivity index (χ1v) is 7.61. The monoisotopic (exact) mass is 312 g/mol. The van der Waals surface area contributed by atoms with Gasteiger partial charge >= 0.3 is 0 Å². The Balaban J connectivity index is 2.20. The number of thioether (sulfide) groups is 1. The number of nitrogens with zero attached hydrogens (tertiary/aromatic N) is 3. The van der Waals surface area contributed by atoms with E-state index >= 15 is 0 Å². The highest BCUT2D eigenvalue weighted by molar-refractivity contribution is 8.00. The first kappa shape index (κ1) is 16.0. The number of aromatic nitrogens is 2. The minimum atomic E-state index is -0.340. The molecule has 1 aromatic heterocycles. The van der Waals surface area contributed by atoms with Crippen molar-refractivity contribution < 1.29 is 4.79 Å². The van der Waals surface area contributed by atoms with E-state index < -0.39 is 0 Å². The van der Waals surface area contributed by atoms with Crippen molar-refractivity contribution >= 4 is 23.4 Å². The second-order valence-corrected chi connectivity index (χ2v) is 6.31. The number of carbonyl (C=O) groups is 1. The Labute approximate surface area is 133 Å². The Morgan fingerprint density at radius 1 is 1.41 bits per heavy atom. The van der Waals surface area contributed by atoms with Gasteiger partial charge in [-0.25, -0.2) is 9.97 Å². The molecule has 0 spiro atoms. The van der Waals surface area contributed by atoms with Crippen LogP contribution in [0.1, 0.15) is 34.0 Å². The molecule has 2 rings (SSSR count). The van der Waals surface area contributed by atoms with Gasteiger partial charge in [0.1, 0.15) is 17.5 Å². The van der Waals surface area contributed by atoms with Crippen LogP contribution in [0, 0.1) is 25.2 Å². The summed E-state index contributed by atoms with van der Waals surface area (Å²) in [5, 5.41) is 8.87. The van der Waals surface area contributed by atoms with Crippen LogP contribution in [-0.4, -0.2) is 21.0 Å². The Morgan fingerprint density at radius 3 is 2.77 bits per heavy atom. The van der Waals surface area contributed by atoms with Crippen molar-refractivity contribution in [1.29, 1.82) is 5.26 Å². The number of hydrogen-bond donors (Lipinski definition) is 1. The largest absolute Gasteiger partial charge is 0.382 e. The van der Waals surface area contributed by atoms with Gasteiger partial charge < -0.3 is 5.73 Å². The first-order valence-electron chi connectivity index (χ1n) is 6.73. The lowest BCUT2D eigenvalue weighted by Crippen LogP contribution is -2.15. The molecule has 1 heterocycles. The number of nitrogen functional groups attached to an aromatic ring is 1. The molecule has 0 fully saturated rings. The summed E-state index contributed by atoms with van der Waals surface area (Å²) in [5.74, 6) is 0.157. The van der Waals surface area contributed by atoms with Crippen molar-refractivity contribution in [3.8, 4) is 6.07 Å². The van der Waals surface area contributed by atoms with E-state index in [1.165, 1.54) is 18.0 Å². The molecule has 1 atom stereocenters. The average molecular weight is 312 g/mol. The van der Waals surface area contributed by atoms with Crippen molar-refractivity contribution in [3.05, 3.63) is 46.6 Å². The molecule has 0 bridgehead atoms. The van der Waals surface area contributed by atoms with Crippen LogP contribution >= 0.6 is 11.8 Å². The number of Topliss-reactive ketones (excluding diaryl/α,β-unsaturated/α-hetero) is 1. The third-order valence-corrected chi connectivity index (χ3v) is 4.20. The Kier molecular flexibility index (Phi) is 4.78. The molecule has 2 N–H and O–H groups in total. The molecule has 1 unspecified atom stereocenters. The topological polar surface area (TPSA) is 92.7 Å². The molecular weight excluding hydrogens is 296 g/mol. The predicted octanol–water partition coefficient (Wildman–Crippen LogP) is 2.91. The molecule has 6 heteroatoms. The highest BCUT2D eigenvalue weighted by atomic mass is 32.2. The molecule has 22 heavy (non-hydrogen) atoms. The molecule has 0 saturated heterocycles. The molecule has 0 radical (unpaired) electrons. The van der Waals surface area contributed by atoms with Crippen LogP contribution in [0.25, 0.3) is 0 Å². The SMILES string of the molecule is Cc1ccc(C)c(C(=O)C(C)Sc2ncc(C#N)c(N)n2)c1. The van der Waals surface area contributed by atoms with Gasteiger partial charge in [-0.2, -0.15) is 5.26 Å². The smallest absolute Gasteiger partial charge is 0.190 e. The van der Waals surface area contributed by atoms with Gasteiger partial charge in [-0.3, -0.25) is 4.79 Å². The van der Waals surface area contributed by atoms with Crippen molar-refractivity contribution in [2.75, 3.05) is 5.73 Å². The molecule has 0 amide bonds. The van der Waals surface area contributed by atoms with E-state index in [4.69, 9.17) is 11.0 Å². The summed E-state index contributed by atoms with van der Waals surface area (Å²) in [6, 6.07) is 7.72.